The van der Waals surface area contributed by atoms with Gasteiger partial charge in [-0.1, -0.05) is 12.0 Å². The maximum absolute atomic E-state index is 12.8. The SMILES string of the molecule is CC#CCOc1ccc2[nH]nc(NC(=O)Nc3cccc(C(F)(F)F)c3)c2c1. The van der Waals surface area contributed by atoms with Gasteiger partial charge in [-0.15, -0.1) is 5.92 Å². The minimum Gasteiger partial charge on any atom is -0.481 e. The summed E-state index contributed by atoms with van der Waals surface area (Å²) in [6.07, 6.45) is -4.49. The molecule has 0 unspecified atom stereocenters. The summed E-state index contributed by atoms with van der Waals surface area (Å²) in [6.45, 7) is 1.92. The maximum Gasteiger partial charge on any atom is 0.416 e. The van der Waals surface area contributed by atoms with E-state index in [0.717, 1.165) is 12.1 Å². The van der Waals surface area contributed by atoms with Crippen LogP contribution in [0.15, 0.2) is 42.5 Å². The molecule has 0 saturated heterocycles. The number of anilines is 2. The largest absolute Gasteiger partial charge is 0.481 e. The number of nitrogens with zero attached hydrogens (tertiary/aromatic N) is 1. The molecule has 0 radical (unpaired) electrons. The number of hydrogen-bond acceptors (Lipinski definition) is 3. The Morgan fingerprint density at radius 1 is 1.21 bits per heavy atom. The lowest BCUT2D eigenvalue weighted by Gasteiger charge is -2.10. The number of ether oxygens (including phenoxy) is 1. The van der Waals surface area contributed by atoms with Crippen LogP contribution in [0.25, 0.3) is 10.9 Å². The third-order valence-electron chi connectivity index (χ3n) is 3.70. The van der Waals surface area contributed by atoms with Crippen LogP contribution in [0.1, 0.15) is 12.5 Å². The molecule has 144 valence electrons. The highest BCUT2D eigenvalue weighted by molar-refractivity contribution is 6.04. The number of H-pyrrole nitrogens is 1. The summed E-state index contributed by atoms with van der Waals surface area (Å²) < 4.78 is 43.8. The van der Waals surface area contributed by atoms with Gasteiger partial charge in [-0.3, -0.25) is 10.4 Å². The molecule has 3 aromatic rings. The van der Waals surface area contributed by atoms with Gasteiger partial charge >= 0.3 is 12.2 Å². The van der Waals surface area contributed by atoms with Gasteiger partial charge in [0, 0.05) is 11.1 Å². The van der Waals surface area contributed by atoms with Crippen LogP contribution in [0.2, 0.25) is 0 Å². The molecule has 0 aliphatic heterocycles. The minimum atomic E-state index is -4.49. The first-order valence-electron chi connectivity index (χ1n) is 8.12. The van der Waals surface area contributed by atoms with Gasteiger partial charge < -0.3 is 10.1 Å². The second-order valence-corrected chi connectivity index (χ2v) is 5.65. The number of aromatic nitrogens is 2. The van der Waals surface area contributed by atoms with Crippen LogP contribution < -0.4 is 15.4 Å². The summed E-state index contributed by atoms with van der Waals surface area (Å²) in [7, 11) is 0. The molecule has 1 heterocycles. The molecule has 0 atom stereocenters. The Morgan fingerprint density at radius 2 is 2.04 bits per heavy atom. The highest BCUT2D eigenvalue weighted by Crippen LogP contribution is 2.31. The average molecular weight is 388 g/mol. The number of carbonyl (C=O) groups is 1. The van der Waals surface area contributed by atoms with Gasteiger partial charge in [0.15, 0.2) is 5.82 Å². The molecule has 0 aliphatic rings. The average Bonchev–Trinajstić information content (AvgIpc) is 3.03. The van der Waals surface area contributed by atoms with Crippen LogP contribution in [-0.4, -0.2) is 22.8 Å². The molecule has 3 N–H and O–H groups in total. The molecule has 0 saturated carbocycles. The summed E-state index contributed by atoms with van der Waals surface area (Å²) in [4.78, 5) is 12.2. The predicted molar refractivity (Wildman–Crippen MR) is 99.1 cm³/mol. The van der Waals surface area contributed by atoms with E-state index in [0.29, 0.717) is 16.7 Å². The maximum atomic E-state index is 12.8. The molecular formula is C19H15F3N4O2. The first kappa shape index (κ1) is 19.1. The van der Waals surface area contributed by atoms with E-state index >= 15 is 0 Å². The fourth-order valence-electron chi connectivity index (χ4n) is 2.41. The van der Waals surface area contributed by atoms with Crippen LogP contribution in [0.5, 0.6) is 5.75 Å². The van der Waals surface area contributed by atoms with Crippen LogP contribution in [0, 0.1) is 11.8 Å². The number of hydrogen-bond donors (Lipinski definition) is 3. The molecule has 3 rings (SSSR count). The standard InChI is InChI=1S/C19H15F3N4O2/c1-2-3-9-28-14-7-8-16-15(11-14)17(26-25-16)24-18(27)23-13-6-4-5-12(10-13)19(20,21)22/h4-8,10-11H,9H2,1H3,(H3,23,24,25,26,27). The number of carbonyl (C=O) groups excluding carboxylic acids is 1. The molecule has 0 bridgehead atoms. The highest BCUT2D eigenvalue weighted by atomic mass is 19.4. The normalized spacial score (nSPS) is 10.9. The molecule has 0 aliphatic carbocycles. The Kier molecular flexibility index (Phi) is 5.40. The zero-order valence-electron chi connectivity index (χ0n) is 14.6. The molecule has 6 nitrogen and oxygen atoms in total. The Hall–Kier alpha value is -3.67. The van der Waals surface area contributed by atoms with E-state index in [2.05, 4.69) is 32.7 Å². The molecule has 0 fully saturated rings. The van der Waals surface area contributed by atoms with Crippen LogP contribution in [0.3, 0.4) is 0 Å². The van der Waals surface area contributed by atoms with Gasteiger partial charge in [-0.05, 0) is 43.3 Å². The minimum absolute atomic E-state index is 0.00864. The molecule has 28 heavy (non-hydrogen) atoms. The topological polar surface area (TPSA) is 79.0 Å². The first-order valence-corrected chi connectivity index (χ1v) is 8.12. The predicted octanol–water partition coefficient (Wildman–Crippen LogP) is 4.63. The fraction of sp³-hybridized carbons (Fsp3) is 0.158. The summed E-state index contributed by atoms with van der Waals surface area (Å²) in [5.41, 5.74) is -0.190. The molecular weight excluding hydrogens is 373 g/mol. The van der Waals surface area contributed by atoms with Crippen LogP contribution >= 0.6 is 0 Å². The Labute approximate surface area is 158 Å². The number of aromatic amines is 1. The number of alkyl halides is 3. The number of rotatable bonds is 4. The van der Waals surface area contributed by atoms with Crippen LogP contribution in [-0.2, 0) is 6.18 Å². The molecule has 0 spiro atoms. The van der Waals surface area contributed by atoms with Crippen molar-refractivity contribution in [1.82, 2.24) is 10.2 Å². The second kappa shape index (κ2) is 7.92. The highest BCUT2D eigenvalue weighted by Gasteiger charge is 2.30. The second-order valence-electron chi connectivity index (χ2n) is 5.65. The van der Waals surface area contributed by atoms with E-state index in [4.69, 9.17) is 4.74 Å². The lowest BCUT2D eigenvalue weighted by molar-refractivity contribution is -0.137. The van der Waals surface area contributed by atoms with E-state index in [1.54, 1.807) is 25.1 Å². The van der Waals surface area contributed by atoms with Crippen molar-refractivity contribution in [2.24, 2.45) is 0 Å². The third-order valence-corrected chi connectivity index (χ3v) is 3.70. The van der Waals surface area contributed by atoms with E-state index < -0.39 is 17.8 Å². The van der Waals surface area contributed by atoms with Crippen molar-refractivity contribution in [3.63, 3.8) is 0 Å². The number of benzene rings is 2. The fourth-order valence-corrected chi connectivity index (χ4v) is 2.41. The first-order chi connectivity index (χ1) is 13.4. The van der Waals surface area contributed by atoms with Crippen molar-refractivity contribution in [2.45, 2.75) is 13.1 Å². The summed E-state index contributed by atoms with van der Waals surface area (Å²) in [6, 6.07) is 8.75. The van der Waals surface area contributed by atoms with Crippen molar-refractivity contribution < 1.29 is 22.7 Å². The van der Waals surface area contributed by atoms with E-state index in [9.17, 15) is 18.0 Å². The summed E-state index contributed by atoms with van der Waals surface area (Å²) >= 11 is 0. The van der Waals surface area contributed by atoms with Crippen LogP contribution in [0.4, 0.5) is 29.5 Å². The molecule has 9 heteroatoms. The van der Waals surface area contributed by atoms with Gasteiger partial charge in [-0.25, -0.2) is 4.79 Å². The zero-order chi connectivity index (χ0) is 20.1. The number of urea groups is 1. The number of nitrogens with one attached hydrogen (secondary N) is 3. The molecule has 2 amide bonds. The monoisotopic (exact) mass is 388 g/mol. The van der Waals surface area contributed by atoms with Crippen molar-refractivity contribution >= 4 is 28.4 Å². The lowest BCUT2D eigenvalue weighted by Crippen LogP contribution is -2.20. The van der Waals surface area contributed by atoms with Gasteiger partial charge in [0.25, 0.3) is 0 Å². The van der Waals surface area contributed by atoms with Crippen molar-refractivity contribution in [3.8, 4) is 17.6 Å². The van der Waals surface area contributed by atoms with Crippen molar-refractivity contribution in [3.05, 3.63) is 48.0 Å². The smallest absolute Gasteiger partial charge is 0.416 e. The molecule has 2 aromatic carbocycles. The van der Waals surface area contributed by atoms with Crippen molar-refractivity contribution in [2.75, 3.05) is 17.2 Å². The van der Waals surface area contributed by atoms with Gasteiger partial charge in [0.1, 0.15) is 12.4 Å². The van der Waals surface area contributed by atoms with Gasteiger partial charge in [0.2, 0.25) is 0 Å². The third kappa shape index (κ3) is 4.54. The molecule has 1 aromatic heterocycles. The Bertz CT molecular complexity index is 1060. The van der Waals surface area contributed by atoms with Gasteiger partial charge in [0.05, 0.1) is 11.1 Å². The van der Waals surface area contributed by atoms with E-state index in [1.165, 1.54) is 12.1 Å². The Morgan fingerprint density at radius 3 is 2.79 bits per heavy atom. The quantitative estimate of drug-likeness (QED) is 0.570. The Balaban J connectivity index is 1.74. The van der Waals surface area contributed by atoms with Gasteiger partial charge in [-0.2, -0.15) is 18.3 Å². The van der Waals surface area contributed by atoms with Crippen molar-refractivity contribution in [1.29, 1.82) is 0 Å². The number of halogens is 3. The summed E-state index contributed by atoms with van der Waals surface area (Å²) in [5, 5.41) is 12.2. The van der Waals surface area contributed by atoms with E-state index in [1.807, 2.05) is 0 Å². The zero-order valence-corrected chi connectivity index (χ0v) is 14.6. The lowest BCUT2D eigenvalue weighted by atomic mass is 10.2. The number of amides is 2. The summed E-state index contributed by atoms with van der Waals surface area (Å²) in [5.74, 6) is 6.24. The number of fused-ring (bicyclic) bond motifs is 1. The van der Waals surface area contributed by atoms with E-state index in [-0.39, 0.29) is 18.1 Å².